The molecule has 6 nitrogen and oxygen atoms in total. The lowest BCUT2D eigenvalue weighted by atomic mass is 9.98. The van der Waals surface area contributed by atoms with E-state index in [0.29, 0.717) is 21.5 Å². The molecule has 216 valence electrons. The van der Waals surface area contributed by atoms with Crippen LogP contribution in [0.5, 0.6) is 0 Å². The normalized spacial score (nSPS) is 11.6. The van der Waals surface area contributed by atoms with E-state index in [0.717, 1.165) is 11.8 Å². The number of halogens is 4. The second kappa shape index (κ2) is 12.4. The molecule has 5 rings (SSSR count). The minimum absolute atomic E-state index is 0.0321. The molecule has 3 N–H and O–H groups in total. The molecule has 0 saturated carbocycles. The van der Waals surface area contributed by atoms with Gasteiger partial charge in [-0.05, 0) is 41.3 Å². The van der Waals surface area contributed by atoms with Crippen LogP contribution in [0, 0.1) is 23.3 Å². The minimum Gasteiger partial charge on any atom is -0.478 e. The molecule has 43 heavy (non-hydrogen) atoms. The maximum absolute atomic E-state index is 14.3. The van der Waals surface area contributed by atoms with Crippen molar-refractivity contribution in [1.29, 1.82) is 0 Å². The summed E-state index contributed by atoms with van der Waals surface area (Å²) in [6.07, 6.45) is 0. The molecule has 1 atom stereocenters. The molecule has 0 aliphatic carbocycles. The molecule has 0 heterocycles. The number of benzene rings is 5. The van der Waals surface area contributed by atoms with Crippen LogP contribution in [-0.2, 0) is 4.79 Å². The van der Waals surface area contributed by atoms with E-state index in [2.05, 4.69) is 5.32 Å². The maximum atomic E-state index is 14.3. The van der Waals surface area contributed by atoms with Crippen LogP contribution in [0.15, 0.2) is 102 Å². The number of hydrogen-bond donors (Lipinski definition) is 3. The van der Waals surface area contributed by atoms with E-state index in [1.165, 1.54) is 12.1 Å². The fourth-order valence-electron chi connectivity index (χ4n) is 4.46. The largest absolute Gasteiger partial charge is 0.478 e. The maximum Gasteiger partial charge on any atom is 0.336 e. The Hall–Kier alpha value is -5.16. The molecule has 0 aliphatic heterocycles. The Morgan fingerprint density at radius 3 is 1.98 bits per heavy atom. The lowest BCUT2D eigenvalue weighted by molar-refractivity contribution is -0.115. The van der Waals surface area contributed by atoms with Gasteiger partial charge in [0, 0.05) is 27.6 Å². The van der Waals surface area contributed by atoms with Crippen LogP contribution in [-0.4, -0.2) is 22.9 Å². The molecule has 0 aliphatic rings. The van der Waals surface area contributed by atoms with Crippen LogP contribution >= 0.6 is 11.8 Å². The fraction of sp³-hybridized carbons (Fsp3) is 0.0312. The molecule has 0 aromatic heterocycles. The molecule has 5 aromatic rings. The van der Waals surface area contributed by atoms with Gasteiger partial charge in [-0.2, -0.15) is 0 Å². The molecule has 0 fully saturated rings. The lowest BCUT2D eigenvalue weighted by Crippen LogP contribution is -2.21. The number of hydrogen-bond acceptors (Lipinski definition) is 4. The van der Waals surface area contributed by atoms with Crippen molar-refractivity contribution in [2.45, 2.75) is 10.1 Å². The van der Waals surface area contributed by atoms with Crippen molar-refractivity contribution in [2.24, 2.45) is 0 Å². The summed E-state index contributed by atoms with van der Waals surface area (Å²) in [6.45, 7) is 0. The van der Waals surface area contributed by atoms with Gasteiger partial charge in [0.15, 0.2) is 23.3 Å². The van der Waals surface area contributed by atoms with Crippen LogP contribution in [0.25, 0.3) is 10.8 Å². The first-order chi connectivity index (χ1) is 20.6. The van der Waals surface area contributed by atoms with E-state index in [1.807, 2.05) is 5.32 Å². The summed E-state index contributed by atoms with van der Waals surface area (Å²) in [7, 11) is 0. The van der Waals surface area contributed by atoms with Crippen LogP contribution in [0.2, 0.25) is 0 Å². The first-order valence-corrected chi connectivity index (χ1v) is 13.5. The van der Waals surface area contributed by atoms with Gasteiger partial charge in [0.2, 0.25) is 5.91 Å². The smallest absolute Gasteiger partial charge is 0.336 e. The van der Waals surface area contributed by atoms with Gasteiger partial charge in [-0.15, -0.1) is 11.8 Å². The Labute approximate surface area is 246 Å². The molecule has 1 unspecified atom stereocenters. The number of anilines is 2. The summed E-state index contributed by atoms with van der Waals surface area (Å²) in [6, 6.07) is 24.1. The van der Waals surface area contributed by atoms with Crippen LogP contribution in [0.3, 0.4) is 0 Å². The summed E-state index contributed by atoms with van der Waals surface area (Å²) >= 11 is 0.962. The molecule has 0 spiro atoms. The predicted octanol–water partition coefficient (Wildman–Crippen LogP) is 7.82. The van der Waals surface area contributed by atoms with E-state index < -0.39 is 52.0 Å². The van der Waals surface area contributed by atoms with Gasteiger partial charge in [-0.1, -0.05) is 60.7 Å². The molecule has 11 heteroatoms. The van der Waals surface area contributed by atoms with Gasteiger partial charge < -0.3 is 15.7 Å². The van der Waals surface area contributed by atoms with Gasteiger partial charge in [-0.3, -0.25) is 9.59 Å². The average molecular weight is 605 g/mol. The van der Waals surface area contributed by atoms with E-state index in [4.69, 9.17) is 0 Å². The van der Waals surface area contributed by atoms with E-state index >= 15 is 0 Å². The van der Waals surface area contributed by atoms with Crippen molar-refractivity contribution in [2.75, 3.05) is 10.6 Å². The predicted molar refractivity (Wildman–Crippen MR) is 155 cm³/mol. The van der Waals surface area contributed by atoms with Crippen molar-refractivity contribution in [3.8, 4) is 0 Å². The first-order valence-electron chi connectivity index (χ1n) is 12.7. The van der Waals surface area contributed by atoms with Crippen molar-refractivity contribution in [3.05, 3.63) is 137 Å². The summed E-state index contributed by atoms with van der Waals surface area (Å²) in [5.41, 5.74) is -0.400. The Balaban J connectivity index is 1.43. The second-order valence-corrected chi connectivity index (χ2v) is 10.4. The van der Waals surface area contributed by atoms with Crippen molar-refractivity contribution in [1.82, 2.24) is 0 Å². The van der Waals surface area contributed by atoms with Crippen molar-refractivity contribution < 1.29 is 37.1 Å². The highest BCUT2D eigenvalue weighted by Crippen LogP contribution is 2.38. The lowest BCUT2D eigenvalue weighted by Gasteiger charge is -2.18. The molecule has 2 amide bonds. The van der Waals surface area contributed by atoms with E-state index in [-0.39, 0.29) is 22.6 Å². The Bertz CT molecular complexity index is 1850. The van der Waals surface area contributed by atoms with Crippen LogP contribution in [0.4, 0.5) is 28.9 Å². The number of carboxylic acid groups (broad SMARTS) is 1. The number of carbonyl (C=O) groups is 3. The molecule has 0 bridgehead atoms. The van der Waals surface area contributed by atoms with Gasteiger partial charge >= 0.3 is 5.97 Å². The van der Waals surface area contributed by atoms with Gasteiger partial charge in [0.25, 0.3) is 5.91 Å². The standard InChI is InChI=1S/C32H20F4N2O4S/c33-23-16-24(34)27(36)28(26(23)35)38-31(40)29(18-7-2-1-3-8-18)43-20-12-6-11-19(15-20)37-30(39)21-13-4-9-17-10-5-14-22(25(17)21)32(41)42/h1-16,29H,(H,37,39)(H,38,40)(H,41,42). The zero-order valence-electron chi connectivity index (χ0n) is 21.9. The van der Waals surface area contributed by atoms with Crippen LogP contribution in [0.1, 0.15) is 31.5 Å². The summed E-state index contributed by atoms with van der Waals surface area (Å²) in [5, 5.41) is 14.1. The number of amides is 2. The fourth-order valence-corrected chi connectivity index (χ4v) is 5.55. The van der Waals surface area contributed by atoms with Crippen molar-refractivity contribution in [3.63, 3.8) is 0 Å². The van der Waals surface area contributed by atoms with E-state index in [1.54, 1.807) is 78.9 Å². The Morgan fingerprint density at radius 2 is 1.33 bits per heavy atom. The van der Waals surface area contributed by atoms with Gasteiger partial charge in [-0.25, -0.2) is 22.4 Å². The summed E-state index contributed by atoms with van der Waals surface area (Å²) < 4.78 is 56.1. The topological polar surface area (TPSA) is 95.5 Å². The zero-order chi connectivity index (χ0) is 30.7. The second-order valence-electron chi connectivity index (χ2n) is 9.24. The van der Waals surface area contributed by atoms with Gasteiger partial charge in [0.05, 0.1) is 5.56 Å². The highest BCUT2D eigenvalue weighted by atomic mass is 32.2. The van der Waals surface area contributed by atoms with E-state index in [9.17, 15) is 37.1 Å². The third-order valence-electron chi connectivity index (χ3n) is 6.43. The highest BCUT2D eigenvalue weighted by molar-refractivity contribution is 8.00. The number of thioether (sulfide) groups is 1. The highest BCUT2D eigenvalue weighted by Gasteiger charge is 2.27. The molecular formula is C32H20F4N2O4S. The molecule has 0 saturated heterocycles. The quantitative estimate of drug-likeness (QED) is 0.0954. The zero-order valence-corrected chi connectivity index (χ0v) is 22.7. The average Bonchev–Trinajstić information content (AvgIpc) is 3.00. The number of fused-ring (bicyclic) bond motifs is 1. The summed E-state index contributed by atoms with van der Waals surface area (Å²) in [4.78, 5) is 38.8. The minimum atomic E-state index is -1.74. The molecule has 0 radical (unpaired) electrons. The summed E-state index contributed by atoms with van der Waals surface area (Å²) in [5.74, 6) is -9.52. The Kier molecular flexibility index (Phi) is 8.44. The monoisotopic (exact) mass is 604 g/mol. The van der Waals surface area contributed by atoms with Crippen LogP contribution < -0.4 is 10.6 Å². The van der Waals surface area contributed by atoms with Crippen molar-refractivity contribution >= 4 is 51.7 Å². The van der Waals surface area contributed by atoms with Gasteiger partial charge in [0.1, 0.15) is 10.9 Å². The molecule has 5 aromatic carbocycles. The number of rotatable bonds is 8. The first kappa shape index (κ1) is 29.3. The molecular weight excluding hydrogens is 584 g/mol. The number of carboxylic acids is 1. The SMILES string of the molecule is O=C(O)c1cccc2cccc(C(=O)Nc3cccc(SC(C(=O)Nc4c(F)c(F)cc(F)c4F)c4ccccc4)c3)c12. The third-order valence-corrected chi connectivity index (χ3v) is 7.67. The Morgan fingerprint density at radius 1 is 0.698 bits per heavy atom. The number of aromatic carboxylic acids is 1. The number of carbonyl (C=O) groups excluding carboxylic acids is 2. The number of nitrogens with one attached hydrogen (secondary N) is 2. The third kappa shape index (κ3) is 6.21.